The number of nitrogens with one attached hydrogen (secondary N) is 1. The van der Waals surface area contributed by atoms with Gasteiger partial charge in [-0.05, 0) is 41.3 Å². The van der Waals surface area contributed by atoms with Gasteiger partial charge in [-0.1, -0.05) is 38.6 Å². The summed E-state index contributed by atoms with van der Waals surface area (Å²) >= 11 is 1.67. The van der Waals surface area contributed by atoms with Gasteiger partial charge in [0.05, 0.1) is 25.0 Å². The number of rotatable bonds is 11. The van der Waals surface area contributed by atoms with Crippen molar-refractivity contribution in [3.05, 3.63) is 76.3 Å². The summed E-state index contributed by atoms with van der Waals surface area (Å²) in [4.78, 5) is 7.23. The van der Waals surface area contributed by atoms with Gasteiger partial charge < -0.3 is 19.5 Å². The number of hydrogen-bond donors (Lipinski definition) is 1. The molecule has 0 amide bonds. The SMILES string of the molecule is C=C(NCC(C)C)c1csc(CN(Cc2ccc(OC)cc2)Cc2ccc3c(c2)OCO3)n1. The predicted octanol–water partition coefficient (Wildman–Crippen LogP) is 5.30. The van der Waals surface area contributed by atoms with Crippen molar-refractivity contribution >= 4 is 17.0 Å². The highest BCUT2D eigenvalue weighted by atomic mass is 32.1. The Hall–Kier alpha value is -3.03. The van der Waals surface area contributed by atoms with Crippen molar-refractivity contribution in [1.82, 2.24) is 15.2 Å². The second kappa shape index (κ2) is 10.7. The lowest BCUT2D eigenvalue weighted by Crippen LogP contribution is -2.22. The van der Waals surface area contributed by atoms with E-state index in [2.05, 4.69) is 60.3 Å². The van der Waals surface area contributed by atoms with Crippen LogP contribution in [-0.2, 0) is 19.6 Å². The van der Waals surface area contributed by atoms with Gasteiger partial charge in [0.15, 0.2) is 11.5 Å². The number of methoxy groups -OCH3 is 1. The predicted molar refractivity (Wildman–Crippen MR) is 132 cm³/mol. The molecule has 0 atom stereocenters. The fourth-order valence-corrected chi connectivity index (χ4v) is 4.44. The minimum Gasteiger partial charge on any atom is -0.497 e. The molecule has 33 heavy (non-hydrogen) atoms. The van der Waals surface area contributed by atoms with E-state index in [1.807, 2.05) is 18.2 Å². The molecular formula is C26H31N3O3S. The van der Waals surface area contributed by atoms with Crippen LogP contribution in [0.4, 0.5) is 0 Å². The Balaban J connectivity index is 1.49. The maximum atomic E-state index is 5.57. The highest BCUT2D eigenvalue weighted by Gasteiger charge is 2.17. The van der Waals surface area contributed by atoms with Gasteiger partial charge in [0, 0.05) is 25.0 Å². The molecule has 2 aromatic carbocycles. The third-order valence-electron chi connectivity index (χ3n) is 5.35. The van der Waals surface area contributed by atoms with Crippen molar-refractivity contribution in [3.8, 4) is 17.2 Å². The van der Waals surface area contributed by atoms with Crippen molar-refractivity contribution in [3.63, 3.8) is 0 Å². The Labute approximate surface area is 199 Å². The van der Waals surface area contributed by atoms with Crippen molar-refractivity contribution in [2.45, 2.75) is 33.5 Å². The second-order valence-corrected chi connectivity index (χ2v) is 9.50. The van der Waals surface area contributed by atoms with Crippen molar-refractivity contribution in [2.75, 3.05) is 20.4 Å². The smallest absolute Gasteiger partial charge is 0.231 e. The largest absolute Gasteiger partial charge is 0.497 e. The van der Waals surface area contributed by atoms with Crippen LogP contribution in [0.25, 0.3) is 5.70 Å². The molecule has 0 bridgehead atoms. The van der Waals surface area contributed by atoms with Crippen molar-refractivity contribution in [1.29, 1.82) is 0 Å². The van der Waals surface area contributed by atoms with E-state index in [1.54, 1.807) is 18.4 Å². The van der Waals surface area contributed by atoms with Crippen LogP contribution in [0.5, 0.6) is 17.2 Å². The average Bonchev–Trinajstić information content (AvgIpc) is 3.47. The van der Waals surface area contributed by atoms with E-state index in [4.69, 9.17) is 19.2 Å². The highest BCUT2D eigenvalue weighted by molar-refractivity contribution is 7.09. The first-order valence-electron chi connectivity index (χ1n) is 11.1. The first kappa shape index (κ1) is 23.1. The van der Waals surface area contributed by atoms with E-state index in [1.165, 1.54) is 11.1 Å². The average molecular weight is 466 g/mol. The summed E-state index contributed by atoms with van der Waals surface area (Å²) in [6.45, 7) is 12.0. The Morgan fingerprint density at radius 3 is 2.58 bits per heavy atom. The van der Waals surface area contributed by atoms with Gasteiger partial charge in [-0.25, -0.2) is 4.98 Å². The summed E-state index contributed by atoms with van der Waals surface area (Å²) in [5.41, 5.74) is 4.19. The lowest BCUT2D eigenvalue weighted by Gasteiger charge is -2.22. The minimum atomic E-state index is 0.283. The number of aromatic nitrogens is 1. The van der Waals surface area contributed by atoms with E-state index < -0.39 is 0 Å². The summed E-state index contributed by atoms with van der Waals surface area (Å²) in [5.74, 6) is 3.03. The lowest BCUT2D eigenvalue weighted by molar-refractivity contribution is 0.174. The number of benzene rings is 2. The number of fused-ring (bicyclic) bond motifs is 1. The standard InChI is InChI=1S/C26H31N3O3S/c1-18(2)12-27-19(3)23-16-33-26(28-23)15-29(13-20-5-8-22(30-4)9-6-20)14-21-7-10-24-25(11-21)32-17-31-24/h5-11,16,18,27H,3,12-15,17H2,1-2,4H3. The van der Waals surface area contributed by atoms with Gasteiger partial charge in [0.2, 0.25) is 6.79 Å². The number of hydrogen-bond acceptors (Lipinski definition) is 7. The number of thiazole rings is 1. The van der Waals surface area contributed by atoms with Crippen LogP contribution in [0.3, 0.4) is 0 Å². The molecule has 7 heteroatoms. The zero-order valence-electron chi connectivity index (χ0n) is 19.5. The molecule has 1 aliphatic rings. The van der Waals surface area contributed by atoms with E-state index in [-0.39, 0.29) is 6.79 Å². The molecule has 1 aromatic heterocycles. The summed E-state index contributed by atoms with van der Waals surface area (Å²) in [5, 5.41) is 6.52. The molecule has 1 aliphatic heterocycles. The van der Waals surface area contributed by atoms with Gasteiger partial charge in [0.25, 0.3) is 0 Å². The molecular weight excluding hydrogens is 434 g/mol. The maximum absolute atomic E-state index is 5.57. The molecule has 0 saturated heterocycles. The first-order valence-corrected chi connectivity index (χ1v) is 12.0. The van der Waals surface area contributed by atoms with Crippen molar-refractivity contribution < 1.29 is 14.2 Å². The van der Waals surface area contributed by atoms with Crippen LogP contribution in [0.2, 0.25) is 0 Å². The molecule has 0 saturated carbocycles. The van der Waals surface area contributed by atoms with E-state index in [0.29, 0.717) is 5.92 Å². The van der Waals surface area contributed by atoms with E-state index >= 15 is 0 Å². The summed E-state index contributed by atoms with van der Waals surface area (Å²) in [7, 11) is 1.69. The summed E-state index contributed by atoms with van der Waals surface area (Å²) in [6, 6.07) is 14.4. The summed E-state index contributed by atoms with van der Waals surface area (Å²) in [6.07, 6.45) is 0. The van der Waals surface area contributed by atoms with E-state index in [0.717, 1.165) is 59.8 Å². The molecule has 174 valence electrons. The molecule has 0 spiro atoms. The fourth-order valence-electron chi connectivity index (χ4n) is 3.59. The molecule has 3 aromatic rings. The molecule has 0 radical (unpaired) electrons. The topological polar surface area (TPSA) is 55.9 Å². The second-order valence-electron chi connectivity index (χ2n) is 8.56. The van der Waals surface area contributed by atoms with Gasteiger partial charge in [-0.2, -0.15) is 0 Å². The molecule has 0 fully saturated rings. The Kier molecular flexibility index (Phi) is 7.52. The Morgan fingerprint density at radius 1 is 1.09 bits per heavy atom. The quantitative estimate of drug-likeness (QED) is 0.415. The number of ether oxygens (including phenoxy) is 3. The fraction of sp³-hybridized carbons (Fsp3) is 0.346. The molecule has 0 unspecified atom stereocenters. The highest BCUT2D eigenvalue weighted by Crippen LogP contribution is 2.33. The van der Waals surface area contributed by atoms with Crippen LogP contribution in [0, 0.1) is 5.92 Å². The molecule has 1 N–H and O–H groups in total. The van der Waals surface area contributed by atoms with Crippen LogP contribution in [-0.4, -0.2) is 30.3 Å². The monoisotopic (exact) mass is 465 g/mol. The molecule has 0 aliphatic carbocycles. The zero-order chi connectivity index (χ0) is 23.2. The minimum absolute atomic E-state index is 0.283. The lowest BCUT2D eigenvalue weighted by atomic mass is 10.1. The molecule has 6 nitrogen and oxygen atoms in total. The third-order valence-corrected chi connectivity index (χ3v) is 6.19. The van der Waals surface area contributed by atoms with Gasteiger partial charge in [-0.3, -0.25) is 4.90 Å². The molecule has 2 heterocycles. The Morgan fingerprint density at radius 2 is 1.82 bits per heavy atom. The maximum Gasteiger partial charge on any atom is 0.231 e. The first-order chi connectivity index (χ1) is 16.0. The van der Waals surface area contributed by atoms with Crippen LogP contribution < -0.4 is 19.5 Å². The van der Waals surface area contributed by atoms with Crippen LogP contribution in [0.15, 0.2) is 54.4 Å². The van der Waals surface area contributed by atoms with Crippen molar-refractivity contribution in [2.24, 2.45) is 5.92 Å². The van der Waals surface area contributed by atoms with Gasteiger partial charge in [-0.15, -0.1) is 11.3 Å². The van der Waals surface area contributed by atoms with Crippen LogP contribution >= 0.6 is 11.3 Å². The van der Waals surface area contributed by atoms with Gasteiger partial charge in [0.1, 0.15) is 10.8 Å². The molecule has 4 rings (SSSR count). The van der Waals surface area contributed by atoms with E-state index in [9.17, 15) is 0 Å². The zero-order valence-corrected chi connectivity index (χ0v) is 20.3. The normalized spacial score (nSPS) is 12.4. The van der Waals surface area contributed by atoms with Gasteiger partial charge >= 0.3 is 0 Å². The summed E-state index contributed by atoms with van der Waals surface area (Å²) < 4.78 is 16.3. The number of nitrogens with zero attached hydrogens (tertiary/aromatic N) is 2. The Bertz CT molecular complexity index is 1080. The third kappa shape index (κ3) is 6.27. The van der Waals surface area contributed by atoms with Crippen LogP contribution in [0.1, 0.15) is 35.7 Å².